The largest absolute Gasteiger partial charge is 0.453 e. The van der Waals surface area contributed by atoms with Gasteiger partial charge in [0.25, 0.3) is 0 Å². The van der Waals surface area contributed by atoms with Crippen molar-refractivity contribution >= 4 is 21.6 Å². The van der Waals surface area contributed by atoms with E-state index >= 15 is 0 Å². The van der Waals surface area contributed by atoms with Gasteiger partial charge in [0, 0.05) is 49.2 Å². The van der Waals surface area contributed by atoms with Gasteiger partial charge in [-0.25, -0.2) is 17.6 Å². The molecule has 260 valence electrons. The summed E-state index contributed by atoms with van der Waals surface area (Å²) in [5.41, 5.74) is 1.95. The maximum Gasteiger partial charge on any atom is 0.407 e. The molecule has 2 aromatic rings. The molecule has 1 N–H and O–H groups in total. The highest BCUT2D eigenvalue weighted by Crippen LogP contribution is 2.63. The van der Waals surface area contributed by atoms with Crippen molar-refractivity contribution in [3.8, 4) is 0 Å². The Morgan fingerprint density at radius 2 is 1.69 bits per heavy atom. The summed E-state index contributed by atoms with van der Waals surface area (Å²) in [7, 11) is -1.80. The Morgan fingerprint density at radius 1 is 0.958 bits per heavy atom. The number of nitrogens with one attached hydrogen (secondary N) is 1. The summed E-state index contributed by atoms with van der Waals surface area (Å²) in [5, 5.41) is 3.19. The summed E-state index contributed by atoms with van der Waals surface area (Å²) < 4.78 is 45.8. The fourth-order valence-corrected chi connectivity index (χ4v) is 12.8. The lowest BCUT2D eigenvalue weighted by atomic mass is 9.55. The number of halogens is 1. The van der Waals surface area contributed by atoms with Crippen LogP contribution in [-0.2, 0) is 20.0 Å². The first-order chi connectivity index (χ1) is 23.2. The summed E-state index contributed by atoms with van der Waals surface area (Å²) in [4.78, 5) is 20.5. The van der Waals surface area contributed by atoms with E-state index in [9.17, 15) is 17.6 Å². The SMILES string of the molecule is COC(=O)N[C@H]1CCC[C@@H]1C(CN1CCC1)(c1cccc(F)c1)C1CCN(CC2CN(c3ccc(S(=O)(=O)C45CC(C4)C5)cc3)C2)CC1. The average molecular weight is 679 g/mol. The van der Waals surface area contributed by atoms with E-state index < -0.39 is 14.6 Å². The number of nitrogens with zero attached hydrogens (tertiary/aromatic N) is 3. The molecule has 2 bridgehead atoms. The highest BCUT2D eigenvalue weighted by atomic mass is 32.2. The quantitative estimate of drug-likeness (QED) is 0.338. The van der Waals surface area contributed by atoms with Gasteiger partial charge in [-0.3, -0.25) is 0 Å². The number of ether oxygens (including phenoxy) is 1. The number of hydrogen-bond donors (Lipinski definition) is 1. The predicted octanol–water partition coefficient (Wildman–Crippen LogP) is 5.47. The third-order valence-electron chi connectivity index (χ3n) is 13.3. The minimum absolute atomic E-state index is 0.0126. The van der Waals surface area contributed by atoms with Gasteiger partial charge in [-0.05, 0) is 137 Å². The fourth-order valence-electron chi connectivity index (χ4n) is 10.4. The van der Waals surface area contributed by atoms with E-state index in [0.29, 0.717) is 22.6 Å². The second kappa shape index (κ2) is 12.6. The maximum absolute atomic E-state index is 14.9. The van der Waals surface area contributed by atoms with E-state index in [2.05, 4.69) is 26.1 Å². The second-order valence-corrected chi connectivity index (χ2v) is 18.3. The Balaban J connectivity index is 0.930. The Morgan fingerprint density at radius 3 is 2.29 bits per heavy atom. The van der Waals surface area contributed by atoms with Crippen LogP contribution in [0.25, 0.3) is 0 Å². The molecule has 7 fully saturated rings. The number of hydrogen-bond acceptors (Lipinski definition) is 7. The molecule has 48 heavy (non-hydrogen) atoms. The predicted molar refractivity (Wildman–Crippen MR) is 184 cm³/mol. The van der Waals surface area contributed by atoms with Crippen molar-refractivity contribution in [1.29, 1.82) is 0 Å². The number of carbonyl (C=O) groups is 1. The molecule has 1 unspecified atom stereocenters. The van der Waals surface area contributed by atoms with Crippen LogP contribution in [-0.4, -0.2) is 94.6 Å². The summed E-state index contributed by atoms with van der Waals surface area (Å²) >= 11 is 0. The number of benzene rings is 2. The van der Waals surface area contributed by atoms with Crippen LogP contribution in [0.1, 0.15) is 63.4 Å². The van der Waals surface area contributed by atoms with Crippen molar-refractivity contribution in [2.45, 2.75) is 78.9 Å². The lowest BCUT2D eigenvalue weighted by Crippen LogP contribution is -2.62. The van der Waals surface area contributed by atoms with Crippen molar-refractivity contribution in [3.63, 3.8) is 0 Å². The molecular formula is C38H51FN4O4S. The van der Waals surface area contributed by atoms with Gasteiger partial charge < -0.3 is 24.8 Å². The van der Waals surface area contributed by atoms with E-state index in [1.54, 1.807) is 12.1 Å². The normalized spacial score (nSPS) is 30.8. The molecule has 0 aromatic heterocycles. The zero-order valence-electron chi connectivity index (χ0n) is 28.3. The van der Waals surface area contributed by atoms with Crippen LogP contribution in [0.2, 0.25) is 0 Å². The fraction of sp³-hybridized carbons (Fsp3) is 0.658. The van der Waals surface area contributed by atoms with Crippen molar-refractivity contribution in [1.82, 2.24) is 15.1 Å². The van der Waals surface area contributed by atoms with Gasteiger partial charge in [0.2, 0.25) is 0 Å². The number of alkyl carbamates (subject to hydrolysis) is 1. The molecule has 2 aromatic carbocycles. The molecule has 1 amide bonds. The number of likely N-dealkylation sites (tertiary alicyclic amines) is 2. The van der Waals surface area contributed by atoms with Gasteiger partial charge in [-0.2, -0.15) is 0 Å². The van der Waals surface area contributed by atoms with Gasteiger partial charge >= 0.3 is 6.09 Å². The number of rotatable bonds is 11. The van der Waals surface area contributed by atoms with Gasteiger partial charge in [0.1, 0.15) is 5.82 Å². The molecule has 3 heterocycles. The molecule has 9 rings (SSSR count). The maximum atomic E-state index is 14.9. The minimum atomic E-state index is -3.22. The summed E-state index contributed by atoms with van der Waals surface area (Å²) in [5.74, 6) is 1.64. The summed E-state index contributed by atoms with van der Waals surface area (Å²) in [6.07, 6.45) is 8.47. The molecule has 0 spiro atoms. The molecule has 4 aliphatic carbocycles. The molecule has 3 atom stereocenters. The molecule has 8 nitrogen and oxygen atoms in total. The number of piperidine rings is 1. The van der Waals surface area contributed by atoms with Crippen LogP contribution in [0, 0.1) is 29.5 Å². The van der Waals surface area contributed by atoms with Crippen LogP contribution in [0.3, 0.4) is 0 Å². The van der Waals surface area contributed by atoms with Gasteiger partial charge in [0.15, 0.2) is 9.84 Å². The molecule has 3 aliphatic heterocycles. The van der Waals surface area contributed by atoms with Crippen LogP contribution >= 0.6 is 0 Å². The zero-order chi connectivity index (χ0) is 33.1. The summed E-state index contributed by atoms with van der Waals surface area (Å²) in [6, 6.07) is 15.0. The number of sulfone groups is 1. The lowest BCUT2D eigenvalue weighted by Gasteiger charge is -2.60. The minimum Gasteiger partial charge on any atom is -0.453 e. The Kier molecular flexibility index (Phi) is 8.51. The zero-order valence-corrected chi connectivity index (χ0v) is 29.1. The molecule has 7 aliphatic rings. The first-order valence-corrected chi connectivity index (χ1v) is 19.8. The van der Waals surface area contributed by atoms with Crippen LogP contribution in [0.4, 0.5) is 14.9 Å². The molecule has 10 heteroatoms. The van der Waals surface area contributed by atoms with E-state index in [4.69, 9.17) is 4.74 Å². The van der Waals surface area contributed by atoms with Gasteiger partial charge in [0.05, 0.1) is 16.8 Å². The molecule has 0 radical (unpaired) electrons. The van der Waals surface area contributed by atoms with Crippen LogP contribution in [0.15, 0.2) is 53.4 Å². The number of amides is 1. The summed E-state index contributed by atoms with van der Waals surface area (Å²) in [6.45, 7) is 8.15. The van der Waals surface area contributed by atoms with E-state index in [-0.39, 0.29) is 29.3 Å². The van der Waals surface area contributed by atoms with E-state index in [0.717, 1.165) is 115 Å². The molecule has 3 saturated heterocycles. The topological polar surface area (TPSA) is 82.2 Å². The monoisotopic (exact) mass is 678 g/mol. The second-order valence-electron chi connectivity index (χ2n) is 16.0. The Labute approximate surface area is 285 Å². The first kappa shape index (κ1) is 32.5. The molecular weight excluding hydrogens is 628 g/mol. The van der Waals surface area contributed by atoms with Gasteiger partial charge in [-0.1, -0.05) is 18.6 Å². The first-order valence-electron chi connectivity index (χ1n) is 18.3. The van der Waals surface area contributed by atoms with Crippen molar-refractivity contribution < 1.29 is 22.3 Å². The van der Waals surface area contributed by atoms with Crippen molar-refractivity contribution in [3.05, 3.63) is 59.9 Å². The standard InChI is InChI=1S/C38H51FN4O4S/c1-47-36(44)40-35-8-3-7-34(35)38(26-42-15-4-16-42,30-5-2-6-31(39)19-30)29-13-17-41(18-14-29)23-28-24-43(25-28)32-9-11-33(12-10-32)48(45,46)37-20-27(21-37)22-37/h2,5-6,9-12,19,27-29,34-35H,3-4,7-8,13-18,20-26H2,1H3,(H,40,44)/t27?,34-,35-,37?,38?/m0/s1. The number of methoxy groups -OCH3 is 1. The van der Waals surface area contributed by atoms with Crippen molar-refractivity contribution in [2.75, 3.05) is 64.4 Å². The number of anilines is 1. The Bertz CT molecular complexity index is 1590. The van der Waals surface area contributed by atoms with Crippen molar-refractivity contribution in [2.24, 2.45) is 23.7 Å². The average Bonchev–Trinajstić information content (AvgIpc) is 3.45. The third-order valence-corrected chi connectivity index (χ3v) is 15.8. The number of carbonyl (C=O) groups excluding carboxylic acids is 1. The lowest BCUT2D eigenvalue weighted by molar-refractivity contribution is 0.0223. The third kappa shape index (κ3) is 5.54. The Hall–Kier alpha value is -2.69. The van der Waals surface area contributed by atoms with Crippen LogP contribution < -0.4 is 10.2 Å². The highest BCUT2D eigenvalue weighted by Gasteiger charge is 2.65. The molecule has 4 saturated carbocycles. The van der Waals surface area contributed by atoms with E-state index in [1.165, 1.54) is 13.5 Å². The van der Waals surface area contributed by atoms with Crippen LogP contribution in [0.5, 0.6) is 0 Å². The van der Waals surface area contributed by atoms with Gasteiger partial charge in [-0.15, -0.1) is 0 Å². The highest BCUT2D eigenvalue weighted by molar-refractivity contribution is 7.93. The smallest absolute Gasteiger partial charge is 0.407 e. The van der Waals surface area contributed by atoms with E-state index in [1.807, 2.05) is 30.3 Å².